The first-order chi connectivity index (χ1) is 15.1. The molecule has 0 spiro atoms. The number of hydrogen-bond acceptors (Lipinski definition) is 5. The summed E-state index contributed by atoms with van der Waals surface area (Å²) in [5.41, 5.74) is 4.08. The van der Waals surface area contributed by atoms with E-state index in [0.717, 1.165) is 28.9 Å². The van der Waals surface area contributed by atoms with E-state index in [0.29, 0.717) is 16.1 Å². The van der Waals surface area contributed by atoms with E-state index >= 15 is 0 Å². The van der Waals surface area contributed by atoms with Crippen LogP contribution in [0.1, 0.15) is 29.7 Å². The molecule has 2 heterocycles. The van der Waals surface area contributed by atoms with Crippen LogP contribution in [0.15, 0.2) is 66.7 Å². The highest BCUT2D eigenvalue weighted by Gasteiger charge is 2.47. The first-order valence-corrected chi connectivity index (χ1v) is 10.8. The van der Waals surface area contributed by atoms with Gasteiger partial charge in [0.05, 0.1) is 12.8 Å². The average Bonchev–Trinajstić information content (AvgIpc) is 3.51. The zero-order chi connectivity index (χ0) is 21.4. The van der Waals surface area contributed by atoms with E-state index < -0.39 is 11.8 Å². The lowest BCUT2D eigenvalue weighted by Gasteiger charge is -2.14. The molecule has 4 aromatic rings. The first kappa shape index (κ1) is 19.6. The van der Waals surface area contributed by atoms with Crippen molar-refractivity contribution >= 4 is 33.7 Å². The van der Waals surface area contributed by atoms with Crippen molar-refractivity contribution in [2.75, 3.05) is 7.11 Å². The number of benzene rings is 2. The minimum Gasteiger partial charge on any atom is -0.466 e. The Labute approximate surface area is 183 Å². The Hall–Kier alpha value is -3.38. The monoisotopic (exact) mass is 430 g/mol. The van der Waals surface area contributed by atoms with E-state index in [1.54, 1.807) is 12.1 Å². The SMILES string of the molecule is COC(=O)/C=C/c1ccc(-c2nc3ccc(C4(c5ccccc5)CC4)nc3s2)c(F)c1. The minimum absolute atomic E-state index is 0.0154. The number of carbonyl (C=O) groups is 1. The van der Waals surface area contributed by atoms with Crippen molar-refractivity contribution in [2.45, 2.75) is 18.3 Å². The van der Waals surface area contributed by atoms with Gasteiger partial charge in [-0.2, -0.15) is 0 Å². The molecule has 1 fully saturated rings. The largest absolute Gasteiger partial charge is 0.466 e. The summed E-state index contributed by atoms with van der Waals surface area (Å²) in [7, 11) is 1.30. The predicted octanol–water partition coefficient (Wildman–Crippen LogP) is 5.76. The van der Waals surface area contributed by atoms with Crippen LogP contribution in [0.2, 0.25) is 0 Å². The molecule has 4 nitrogen and oxygen atoms in total. The van der Waals surface area contributed by atoms with Crippen LogP contribution >= 0.6 is 11.3 Å². The number of nitrogens with zero attached hydrogens (tertiary/aromatic N) is 2. The number of pyridine rings is 1. The highest BCUT2D eigenvalue weighted by molar-refractivity contribution is 7.21. The van der Waals surface area contributed by atoms with Crippen molar-refractivity contribution in [3.05, 3.63) is 89.4 Å². The zero-order valence-corrected chi connectivity index (χ0v) is 17.7. The van der Waals surface area contributed by atoms with E-state index in [1.807, 2.05) is 18.2 Å². The maximum Gasteiger partial charge on any atom is 0.330 e. The Kier molecular flexibility index (Phi) is 4.87. The molecule has 0 unspecified atom stereocenters. The number of hydrogen-bond donors (Lipinski definition) is 0. The molecule has 2 aromatic heterocycles. The molecule has 5 rings (SSSR count). The van der Waals surface area contributed by atoms with E-state index in [2.05, 4.69) is 34.0 Å². The Balaban J connectivity index is 1.47. The van der Waals surface area contributed by atoms with Gasteiger partial charge in [-0.25, -0.2) is 19.2 Å². The normalized spacial score (nSPS) is 14.8. The number of rotatable bonds is 5. The number of methoxy groups -OCH3 is 1. The van der Waals surface area contributed by atoms with Crippen molar-refractivity contribution in [2.24, 2.45) is 0 Å². The predicted molar refractivity (Wildman–Crippen MR) is 120 cm³/mol. The van der Waals surface area contributed by atoms with Crippen molar-refractivity contribution in [3.63, 3.8) is 0 Å². The minimum atomic E-state index is -0.485. The highest BCUT2D eigenvalue weighted by atomic mass is 32.1. The summed E-state index contributed by atoms with van der Waals surface area (Å²) in [4.78, 5) is 21.6. The molecule has 0 bridgehead atoms. The van der Waals surface area contributed by atoms with Crippen LogP contribution < -0.4 is 0 Å². The molecule has 2 aromatic carbocycles. The van der Waals surface area contributed by atoms with Gasteiger partial charge in [-0.15, -0.1) is 0 Å². The molecular weight excluding hydrogens is 411 g/mol. The fraction of sp³-hybridized carbons (Fsp3) is 0.160. The maximum absolute atomic E-state index is 14.8. The van der Waals surface area contributed by atoms with Gasteiger partial charge in [-0.3, -0.25) is 0 Å². The topological polar surface area (TPSA) is 52.1 Å². The molecule has 1 aliphatic carbocycles. The fourth-order valence-electron chi connectivity index (χ4n) is 3.81. The molecule has 1 saturated carbocycles. The summed E-state index contributed by atoms with van der Waals surface area (Å²) >= 11 is 1.39. The molecule has 1 aliphatic rings. The number of aromatic nitrogens is 2. The molecule has 154 valence electrons. The fourth-order valence-corrected chi connectivity index (χ4v) is 4.78. The molecule has 0 aliphatic heterocycles. The van der Waals surface area contributed by atoms with Gasteiger partial charge in [-0.1, -0.05) is 47.7 Å². The Morgan fingerprint density at radius 1 is 1.10 bits per heavy atom. The van der Waals surface area contributed by atoms with Crippen LogP contribution in [0.25, 0.3) is 27.0 Å². The van der Waals surface area contributed by atoms with Gasteiger partial charge < -0.3 is 4.74 Å². The highest BCUT2D eigenvalue weighted by Crippen LogP contribution is 2.53. The number of fused-ring (bicyclic) bond motifs is 1. The summed E-state index contributed by atoms with van der Waals surface area (Å²) in [6.45, 7) is 0. The third-order valence-corrected chi connectivity index (χ3v) is 6.66. The standard InChI is InChI=1S/C25H19FN2O2S/c1-30-22(29)12-8-16-7-9-18(19(26)15-16)23-27-20-10-11-21(28-24(20)31-23)25(13-14-25)17-5-3-2-4-6-17/h2-12,15H,13-14H2,1H3/b12-8+. The van der Waals surface area contributed by atoms with E-state index in [-0.39, 0.29) is 5.41 Å². The van der Waals surface area contributed by atoms with Gasteiger partial charge in [0.2, 0.25) is 0 Å². The summed E-state index contributed by atoms with van der Waals surface area (Å²) < 4.78 is 19.3. The third-order valence-electron chi connectivity index (χ3n) is 5.66. The molecular formula is C25H19FN2O2S. The number of thiazole rings is 1. The molecule has 0 N–H and O–H groups in total. The van der Waals surface area contributed by atoms with Gasteiger partial charge in [0, 0.05) is 17.1 Å². The summed E-state index contributed by atoms with van der Waals surface area (Å²) in [6.07, 6.45) is 4.94. The molecule has 0 saturated heterocycles. The zero-order valence-electron chi connectivity index (χ0n) is 16.8. The molecule has 6 heteroatoms. The number of esters is 1. The number of halogens is 1. The summed E-state index contributed by atoms with van der Waals surface area (Å²) in [6, 6.07) is 19.3. The summed E-state index contributed by atoms with van der Waals surface area (Å²) in [5.74, 6) is -0.879. The maximum atomic E-state index is 14.8. The van der Waals surface area contributed by atoms with Crippen molar-refractivity contribution in [1.82, 2.24) is 9.97 Å². The van der Waals surface area contributed by atoms with Crippen LogP contribution in [-0.2, 0) is 14.9 Å². The first-order valence-electron chi connectivity index (χ1n) is 9.99. The molecule has 0 amide bonds. The van der Waals surface area contributed by atoms with E-state index in [4.69, 9.17) is 4.98 Å². The quantitative estimate of drug-likeness (QED) is 0.298. The van der Waals surface area contributed by atoms with Crippen molar-refractivity contribution in [3.8, 4) is 10.6 Å². The Morgan fingerprint density at radius 2 is 1.90 bits per heavy atom. The van der Waals surface area contributed by atoms with Gasteiger partial charge in [0.1, 0.15) is 21.2 Å². The molecule has 0 radical (unpaired) electrons. The van der Waals surface area contributed by atoms with Crippen LogP contribution in [0, 0.1) is 5.82 Å². The van der Waals surface area contributed by atoms with Gasteiger partial charge in [-0.05, 0) is 54.3 Å². The van der Waals surface area contributed by atoms with E-state index in [1.165, 1.54) is 42.2 Å². The Morgan fingerprint density at radius 3 is 2.61 bits per heavy atom. The van der Waals surface area contributed by atoms with Crippen molar-refractivity contribution in [1.29, 1.82) is 0 Å². The van der Waals surface area contributed by atoms with E-state index in [9.17, 15) is 9.18 Å². The molecule has 31 heavy (non-hydrogen) atoms. The molecule has 0 atom stereocenters. The Bertz CT molecular complexity index is 1310. The lowest BCUT2D eigenvalue weighted by molar-refractivity contribution is -0.134. The van der Waals surface area contributed by atoms with Crippen LogP contribution in [0.4, 0.5) is 4.39 Å². The van der Waals surface area contributed by atoms with Gasteiger partial charge >= 0.3 is 5.97 Å². The van der Waals surface area contributed by atoms with Crippen LogP contribution in [-0.4, -0.2) is 23.0 Å². The second-order valence-electron chi connectivity index (χ2n) is 7.58. The van der Waals surface area contributed by atoms with Gasteiger partial charge in [0.15, 0.2) is 0 Å². The second-order valence-corrected chi connectivity index (χ2v) is 8.56. The average molecular weight is 431 g/mol. The van der Waals surface area contributed by atoms with Gasteiger partial charge in [0.25, 0.3) is 0 Å². The second kappa shape index (κ2) is 7.71. The lowest BCUT2D eigenvalue weighted by atomic mass is 9.92. The van der Waals surface area contributed by atoms with Crippen LogP contribution in [0.3, 0.4) is 0 Å². The number of carbonyl (C=O) groups excluding carboxylic acids is 1. The number of ether oxygens (including phenoxy) is 1. The lowest BCUT2D eigenvalue weighted by Crippen LogP contribution is -2.10. The smallest absolute Gasteiger partial charge is 0.330 e. The summed E-state index contributed by atoms with van der Waals surface area (Å²) in [5, 5.41) is 0.588. The third kappa shape index (κ3) is 3.64. The van der Waals surface area contributed by atoms with Crippen molar-refractivity contribution < 1.29 is 13.9 Å². The van der Waals surface area contributed by atoms with Crippen LogP contribution in [0.5, 0.6) is 0 Å².